The van der Waals surface area contributed by atoms with Gasteiger partial charge in [-0.3, -0.25) is 0 Å². The molecule has 2 aromatic rings. The minimum atomic E-state index is 1.02. The van der Waals surface area contributed by atoms with Crippen LogP contribution in [0.5, 0.6) is 0 Å². The van der Waals surface area contributed by atoms with Gasteiger partial charge in [-0.1, -0.05) is 12.1 Å². The monoisotopic (exact) mass is 220 g/mol. The van der Waals surface area contributed by atoms with Crippen molar-refractivity contribution < 1.29 is 0 Å². The highest BCUT2D eigenvalue weighted by atomic mass is 32.1. The van der Waals surface area contributed by atoms with Gasteiger partial charge in [0, 0.05) is 21.1 Å². The standard InChI is InChI=1S/C12H12S2/c1-9-2-7-12(14-9)8-10-3-5-11(13)6-4-10/h2-7,13H,8H2,1H3. The van der Waals surface area contributed by atoms with E-state index in [-0.39, 0.29) is 0 Å². The number of thiophene rings is 1. The minimum absolute atomic E-state index is 1.02. The zero-order valence-corrected chi connectivity index (χ0v) is 9.74. The van der Waals surface area contributed by atoms with Crippen LogP contribution in [-0.2, 0) is 6.42 Å². The van der Waals surface area contributed by atoms with E-state index in [9.17, 15) is 0 Å². The Labute approximate surface area is 94.0 Å². The summed E-state index contributed by atoms with van der Waals surface area (Å²) in [4.78, 5) is 3.83. The normalized spacial score (nSPS) is 10.4. The molecule has 0 bridgehead atoms. The van der Waals surface area contributed by atoms with Crippen molar-refractivity contribution >= 4 is 24.0 Å². The first-order chi connectivity index (χ1) is 6.74. The first kappa shape index (κ1) is 9.81. The lowest BCUT2D eigenvalue weighted by atomic mass is 10.1. The fourth-order valence-corrected chi connectivity index (χ4v) is 2.47. The van der Waals surface area contributed by atoms with Gasteiger partial charge in [0.25, 0.3) is 0 Å². The average molecular weight is 220 g/mol. The summed E-state index contributed by atoms with van der Waals surface area (Å²) in [5.74, 6) is 0. The van der Waals surface area contributed by atoms with E-state index in [0.717, 1.165) is 11.3 Å². The van der Waals surface area contributed by atoms with Crippen molar-refractivity contribution in [3.63, 3.8) is 0 Å². The van der Waals surface area contributed by atoms with E-state index in [1.165, 1.54) is 15.3 Å². The third kappa shape index (κ3) is 2.40. The van der Waals surface area contributed by atoms with Crippen LogP contribution in [0.15, 0.2) is 41.3 Å². The van der Waals surface area contributed by atoms with Crippen LogP contribution in [-0.4, -0.2) is 0 Å². The Balaban J connectivity index is 2.15. The molecule has 72 valence electrons. The summed E-state index contributed by atoms with van der Waals surface area (Å²) in [5.41, 5.74) is 1.35. The fourth-order valence-electron chi connectivity index (χ4n) is 1.40. The molecular weight excluding hydrogens is 208 g/mol. The van der Waals surface area contributed by atoms with E-state index in [0.29, 0.717) is 0 Å². The van der Waals surface area contributed by atoms with Crippen LogP contribution in [0.1, 0.15) is 15.3 Å². The molecule has 0 fully saturated rings. The maximum atomic E-state index is 4.26. The van der Waals surface area contributed by atoms with Crippen LogP contribution < -0.4 is 0 Å². The molecule has 0 aliphatic rings. The molecule has 0 saturated heterocycles. The van der Waals surface area contributed by atoms with Crippen molar-refractivity contribution in [2.24, 2.45) is 0 Å². The van der Waals surface area contributed by atoms with Gasteiger partial charge in [0.1, 0.15) is 0 Å². The third-order valence-electron chi connectivity index (χ3n) is 2.11. The molecule has 0 radical (unpaired) electrons. The molecule has 0 aliphatic carbocycles. The predicted molar refractivity (Wildman–Crippen MR) is 65.6 cm³/mol. The fraction of sp³-hybridized carbons (Fsp3) is 0.167. The van der Waals surface area contributed by atoms with E-state index in [1.807, 2.05) is 23.5 Å². The third-order valence-corrected chi connectivity index (χ3v) is 3.41. The Morgan fingerprint density at radius 2 is 1.79 bits per heavy atom. The number of hydrogen-bond donors (Lipinski definition) is 1. The lowest BCUT2D eigenvalue weighted by molar-refractivity contribution is 1.22. The summed E-state index contributed by atoms with van der Waals surface area (Å²) in [5, 5.41) is 0. The molecule has 0 spiro atoms. The van der Waals surface area contributed by atoms with E-state index in [1.54, 1.807) is 0 Å². The summed E-state index contributed by atoms with van der Waals surface area (Å²) in [6.45, 7) is 2.14. The molecule has 0 saturated carbocycles. The molecule has 2 rings (SSSR count). The summed E-state index contributed by atoms with van der Waals surface area (Å²) in [6.07, 6.45) is 1.03. The Morgan fingerprint density at radius 3 is 2.36 bits per heavy atom. The second-order valence-corrected chi connectivity index (χ2v) is 5.24. The molecule has 14 heavy (non-hydrogen) atoms. The molecule has 2 heteroatoms. The Morgan fingerprint density at radius 1 is 1.07 bits per heavy atom. The molecular formula is C12H12S2. The number of benzene rings is 1. The number of rotatable bonds is 2. The molecule has 0 atom stereocenters. The molecule has 1 heterocycles. The molecule has 1 aromatic carbocycles. The zero-order chi connectivity index (χ0) is 9.97. The van der Waals surface area contributed by atoms with Gasteiger partial charge in [-0.15, -0.1) is 24.0 Å². The maximum absolute atomic E-state index is 4.26. The first-order valence-electron chi connectivity index (χ1n) is 4.57. The lowest BCUT2D eigenvalue weighted by Crippen LogP contribution is -1.82. The second-order valence-electron chi connectivity index (χ2n) is 3.36. The average Bonchev–Trinajstić information content (AvgIpc) is 2.56. The summed E-state index contributed by atoms with van der Waals surface area (Å²) in [7, 11) is 0. The lowest BCUT2D eigenvalue weighted by Gasteiger charge is -1.98. The van der Waals surface area contributed by atoms with Crippen molar-refractivity contribution in [1.82, 2.24) is 0 Å². The van der Waals surface area contributed by atoms with E-state index in [4.69, 9.17) is 0 Å². The molecule has 0 aliphatic heterocycles. The van der Waals surface area contributed by atoms with Crippen LogP contribution >= 0.6 is 24.0 Å². The number of aryl methyl sites for hydroxylation is 1. The van der Waals surface area contributed by atoms with Crippen LogP contribution in [0, 0.1) is 6.92 Å². The van der Waals surface area contributed by atoms with Crippen LogP contribution in [0.3, 0.4) is 0 Å². The van der Waals surface area contributed by atoms with Gasteiger partial charge in [-0.2, -0.15) is 0 Å². The molecule has 0 N–H and O–H groups in total. The zero-order valence-electron chi connectivity index (χ0n) is 8.03. The van der Waals surface area contributed by atoms with E-state index >= 15 is 0 Å². The highest BCUT2D eigenvalue weighted by Crippen LogP contribution is 2.19. The summed E-state index contributed by atoms with van der Waals surface area (Å²) < 4.78 is 0. The van der Waals surface area contributed by atoms with Crippen LogP contribution in [0.4, 0.5) is 0 Å². The minimum Gasteiger partial charge on any atom is -0.145 e. The van der Waals surface area contributed by atoms with E-state index in [2.05, 4.69) is 43.8 Å². The molecule has 0 unspecified atom stereocenters. The van der Waals surface area contributed by atoms with Gasteiger partial charge in [0.05, 0.1) is 0 Å². The van der Waals surface area contributed by atoms with Crippen molar-refractivity contribution in [1.29, 1.82) is 0 Å². The number of thiol groups is 1. The van der Waals surface area contributed by atoms with Crippen LogP contribution in [0.25, 0.3) is 0 Å². The first-order valence-corrected chi connectivity index (χ1v) is 5.83. The highest BCUT2D eigenvalue weighted by molar-refractivity contribution is 7.80. The second kappa shape index (κ2) is 4.20. The highest BCUT2D eigenvalue weighted by Gasteiger charge is 1.98. The van der Waals surface area contributed by atoms with E-state index < -0.39 is 0 Å². The molecule has 1 aromatic heterocycles. The van der Waals surface area contributed by atoms with Gasteiger partial charge in [0.2, 0.25) is 0 Å². The van der Waals surface area contributed by atoms with Crippen molar-refractivity contribution in [2.45, 2.75) is 18.2 Å². The van der Waals surface area contributed by atoms with Gasteiger partial charge in [0.15, 0.2) is 0 Å². The van der Waals surface area contributed by atoms with Gasteiger partial charge in [-0.05, 0) is 36.8 Å². The van der Waals surface area contributed by atoms with Gasteiger partial charge in [-0.25, -0.2) is 0 Å². The number of hydrogen-bond acceptors (Lipinski definition) is 2. The summed E-state index contributed by atoms with van der Waals surface area (Å²) >= 11 is 6.13. The molecule has 0 amide bonds. The quantitative estimate of drug-likeness (QED) is 0.728. The van der Waals surface area contributed by atoms with Gasteiger partial charge >= 0.3 is 0 Å². The summed E-state index contributed by atoms with van der Waals surface area (Å²) in [6, 6.07) is 12.7. The largest absolute Gasteiger partial charge is 0.145 e. The predicted octanol–water partition coefficient (Wildman–Crippen LogP) is 3.94. The Bertz CT molecular complexity index is 412. The topological polar surface area (TPSA) is 0 Å². The van der Waals surface area contributed by atoms with Crippen molar-refractivity contribution in [3.8, 4) is 0 Å². The van der Waals surface area contributed by atoms with Crippen LogP contribution in [0.2, 0.25) is 0 Å². The van der Waals surface area contributed by atoms with Crippen molar-refractivity contribution in [2.75, 3.05) is 0 Å². The Kier molecular flexibility index (Phi) is 2.94. The Hall–Kier alpha value is -0.730. The maximum Gasteiger partial charge on any atom is 0.00918 e. The van der Waals surface area contributed by atoms with Crippen molar-refractivity contribution in [3.05, 3.63) is 51.7 Å². The SMILES string of the molecule is Cc1ccc(Cc2ccc(S)cc2)s1. The molecule has 0 nitrogen and oxygen atoms in total. The van der Waals surface area contributed by atoms with Gasteiger partial charge < -0.3 is 0 Å². The smallest absolute Gasteiger partial charge is 0.00918 e.